The fourth-order valence-electron chi connectivity index (χ4n) is 2.69. The van der Waals surface area contributed by atoms with Crippen LogP contribution in [0.15, 0.2) is 72.2 Å². The molecular weight excluding hydrogens is 366 g/mol. The van der Waals surface area contributed by atoms with Gasteiger partial charge in [-0.2, -0.15) is 0 Å². The molecule has 1 fully saturated rings. The second-order valence-electron chi connectivity index (χ2n) is 5.89. The maximum Gasteiger partial charge on any atom is 0.421 e. The van der Waals surface area contributed by atoms with Crippen molar-refractivity contribution < 1.29 is 24.0 Å². The summed E-state index contributed by atoms with van der Waals surface area (Å²) in [6.07, 6.45) is -0.822. The van der Waals surface area contributed by atoms with E-state index < -0.39 is 22.7 Å². The molecule has 1 saturated heterocycles. The van der Waals surface area contributed by atoms with E-state index in [0.717, 1.165) is 4.90 Å². The fraction of sp³-hybridized carbons (Fsp3) is 0.158. The van der Waals surface area contributed by atoms with E-state index in [4.69, 9.17) is 9.47 Å². The lowest BCUT2D eigenvalue weighted by Gasteiger charge is -2.19. The number of carbonyl (C=O) groups is 2. The SMILES string of the molecule is CN1CCN(C(=O)Oc2ccccc2)/C1=C(/C(=O)Oc1ccccc1)[N+](=O)[O-]. The first-order valence-corrected chi connectivity index (χ1v) is 8.39. The Morgan fingerprint density at radius 1 is 0.929 bits per heavy atom. The van der Waals surface area contributed by atoms with Crippen molar-refractivity contribution in [2.75, 3.05) is 20.1 Å². The number of benzene rings is 2. The molecule has 1 amide bonds. The molecule has 3 rings (SSSR count). The average molecular weight is 383 g/mol. The third-order valence-electron chi connectivity index (χ3n) is 3.99. The molecule has 1 aliphatic heterocycles. The highest BCUT2D eigenvalue weighted by Crippen LogP contribution is 2.24. The van der Waals surface area contributed by atoms with Gasteiger partial charge in [0.1, 0.15) is 11.5 Å². The van der Waals surface area contributed by atoms with Crippen LogP contribution in [0.2, 0.25) is 0 Å². The molecule has 0 radical (unpaired) electrons. The van der Waals surface area contributed by atoms with Gasteiger partial charge in [0.2, 0.25) is 5.82 Å². The number of esters is 1. The average Bonchev–Trinajstić information content (AvgIpc) is 3.04. The molecule has 28 heavy (non-hydrogen) atoms. The zero-order valence-electron chi connectivity index (χ0n) is 15.0. The molecule has 0 atom stereocenters. The van der Waals surface area contributed by atoms with Crippen molar-refractivity contribution in [3.63, 3.8) is 0 Å². The van der Waals surface area contributed by atoms with E-state index in [1.54, 1.807) is 55.6 Å². The molecule has 144 valence electrons. The Balaban J connectivity index is 1.91. The standard InChI is InChI=1S/C19H17N3O6/c1-20-12-13-21(19(24)28-15-10-6-3-7-11-15)17(20)16(22(25)26)18(23)27-14-8-4-2-5-9-14/h2-11H,12-13H2,1H3/b17-16-. The lowest BCUT2D eigenvalue weighted by atomic mass is 10.3. The number of nitrogens with zero attached hydrogens (tertiary/aromatic N) is 3. The number of ether oxygens (including phenoxy) is 2. The second kappa shape index (κ2) is 8.21. The van der Waals surface area contributed by atoms with Gasteiger partial charge in [0.25, 0.3) is 0 Å². The zero-order chi connectivity index (χ0) is 20.1. The first-order valence-electron chi connectivity index (χ1n) is 8.39. The van der Waals surface area contributed by atoms with Crippen molar-refractivity contribution in [1.29, 1.82) is 0 Å². The quantitative estimate of drug-likeness (QED) is 0.263. The second-order valence-corrected chi connectivity index (χ2v) is 5.89. The lowest BCUT2D eigenvalue weighted by Crippen LogP contribution is -2.35. The summed E-state index contributed by atoms with van der Waals surface area (Å²) in [5, 5.41) is 11.6. The molecule has 1 aliphatic rings. The predicted molar refractivity (Wildman–Crippen MR) is 97.9 cm³/mol. The van der Waals surface area contributed by atoms with Gasteiger partial charge in [-0.1, -0.05) is 36.4 Å². The highest BCUT2D eigenvalue weighted by molar-refractivity contribution is 5.89. The Labute approximate surface area is 160 Å². The molecular formula is C19H17N3O6. The Kier molecular flexibility index (Phi) is 5.54. The molecule has 9 heteroatoms. The number of amides is 1. The van der Waals surface area contributed by atoms with E-state index in [1.807, 2.05) is 0 Å². The number of hydrogen-bond donors (Lipinski definition) is 0. The van der Waals surface area contributed by atoms with Gasteiger partial charge in [-0.05, 0) is 24.3 Å². The molecule has 0 aliphatic carbocycles. The smallest absolute Gasteiger partial charge is 0.418 e. The Hall–Kier alpha value is -3.88. The maximum atomic E-state index is 12.5. The number of hydrogen-bond acceptors (Lipinski definition) is 7. The minimum absolute atomic E-state index is 0.132. The van der Waals surface area contributed by atoms with Gasteiger partial charge in [0, 0.05) is 20.1 Å². The number of likely N-dealkylation sites (N-methyl/N-ethyl adjacent to an activating group) is 1. The zero-order valence-corrected chi connectivity index (χ0v) is 15.0. The fourth-order valence-corrected chi connectivity index (χ4v) is 2.69. The van der Waals surface area contributed by atoms with Crippen LogP contribution in [-0.4, -0.2) is 46.9 Å². The van der Waals surface area contributed by atoms with Crippen LogP contribution in [0.3, 0.4) is 0 Å². The molecule has 9 nitrogen and oxygen atoms in total. The van der Waals surface area contributed by atoms with Gasteiger partial charge >= 0.3 is 17.8 Å². The van der Waals surface area contributed by atoms with Crippen LogP contribution < -0.4 is 9.47 Å². The first kappa shape index (κ1) is 18.9. The predicted octanol–water partition coefficient (Wildman–Crippen LogP) is 2.48. The summed E-state index contributed by atoms with van der Waals surface area (Å²) in [5.74, 6) is -0.897. The van der Waals surface area contributed by atoms with Gasteiger partial charge < -0.3 is 14.4 Å². The van der Waals surface area contributed by atoms with Crippen LogP contribution in [0.1, 0.15) is 0 Å². The third kappa shape index (κ3) is 4.09. The summed E-state index contributed by atoms with van der Waals surface area (Å²) in [7, 11) is 1.55. The molecule has 0 bridgehead atoms. The van der Waals surface area contributed by atoms with E-state index in [0.29, 0.717) is 6.54 Å². The van der Waals surface area contributed by atoms with E-state index >= 15 is 0 Å². The highest BCUT2D eigenvalue weighted by Gasteiger charge is 2.41. The largest absolute Gasteiger partial charge is 0.421 e. The third-order valence-corrected chi connectivity index (χ3v) is 3.99. The molecule has 0 aromatic heterocycles. The Morgan fingerprint density at radius 2 is 1.46 bits per heavy atom. The number of para-hydroxylation sites is 2. The topological polar surface area (TPSA) is 102 Å². The van der Waals surface area contributed by atoms with Crippen molar-refractivity contribution in [2.24, 2.45) is 0 Å². The summed E-state index contributed by atoms with van der Waals surface area (Å²) in [4.78, 5) is 38.3. The van der Waals surface area contributed by atoms with Crippen LogP contribution in [-0.2, 0) is 4.79 Å². The number of rotatable bonds is 4. The molecule has 2 aromatic carbocycles. The number of carbonyl (C=O) groups excluding carboxylic acids is 2. The van der Waals surface area contributed by atoms with Gasteiger partial charge in [-0.15, -0.1) is 0 Å². The Bertz CT molecular complexity index is 914. The van der Waals surface area contributed by atoms with Crippen LogP contribution >= 0.6 is 0 Å². The minimum Gasteiger partial charge on any atom is -0.418 e. The number of nitro groups is 1. The van der Waals surface area contributed by atoms with Crippen LogP contribution in [0.4, 0.5) is 4.79 Å². The van der Waals surface area contributed by atoms with Gasteiger partial charge in [-0.3, -0.25) is 15.0 Å². The summed E-state index contributed by atoms with van der Waals surface area (Å²) < 4.78 is 10.4. The summed E-state index contributed by atoms with van der Waals surface area (Å²) in [5.41, 5.74) is -0.839. The van der Waals surface area contributed by atoms with E-state index in [9.17, 15) is 19.7 Å². The van der Waals surface area contributed by atoms with Crippen molar-refractivity contribution in [2.45, 2.75) is 0 Å². The molecule has 2 aromatic rings. The normalized spacial score (nSPS) is 15.2. The summed E-state index contributed by atoms with van der Waals surface area (Å²) >= 11 is 0. The van der Waals surface area contributed by atoms with E-state index in [-0.39, 0.29) is 23.9 Å². The Morgan fingerprint density at radius 3 is 2.00 bits per heavy atom. The van der Waals surface area contributed by atoms with Crippen molar-refractivity contribution in [3.05, 3.63) is 82.3 Å². The summed E-state index contributed by atoms with van der Waals surface area (Å²) in [6.45, 7) is 0.433. The highest BCUT2D eigenvalue weighted by atomic mass is 16.6. The molecule has 0 saturated carbocycles. The monoisotopic (exact) mass is 383 g/mol. The van der Waals surface area contributed by atoms with Crippen molar-refractivity contribution in [1.82, 2.24) is 9.80 Å². The van der Waals surface area contributed by atoms with E-state index in [1.165, 1.54) is 17.0 Å². The minimum atomic E-state index is -1.17. The van der Waals surface area contributed by atoms with Gasteiger partial charge in [0.15, 0.2) is 0 Å². The van der Waals surface area contributed by atoms with Crippen LogP contribution in [0.5, 0.6) is 11.5 Å². The lowest BCUT2D eigenvalue weighted by molar-refractivity contribution is -0.423. The van der Waals surface area contributed by atoms with Crippen molar-refractivity contribution >= 4 is 12.1 Å². The summed E-state index contributed by atoms with van der Waals surface area (Å²) in [6, 6.07) is 16.3. The van der Waals surface area contributed by atoms with E-state index in [2.05, 4.69) is 0 Å². The molecule has 0 spiro atoms. The molecule has 0 N–H and O–H groups in total. The first-order chi connectivity index (χ1) is 13.5. The van der Waals surface area contributed by atoms with Crippen LogP contribution in [0, 0.1) is 10.1 Å². The van der Waals surface area contributed by atoms with Crippen LogP contribution in [0.25, 0.3) is 0 Å². The van der Waals surface area contributed by atoms with Gasteiger partial charge in [-0.25, -0.2) is 9.59 Å². The van der Waals surface area contributed by atoms with Crippen molar-refractivity contribution in [3.8, 4) is 11.5 Å². The molecule has 0 unspecified atom stereocenters. The van der Waals surface area contributed by atoms with Gasteiger partial charge in [0.05, 0.1) is 4.92 Å². The molecule has 1 heterocycles. The maximum absolute atomic E-state index is 12.5.